The smallest absolute Gasteiger partial charge is 0.229 e. The van der Waals surface area contributed by atoms with E-state index in [1.165, 1.54) is 11.3 Å². The summed E-state index contributed by atoms with van der Waals surface area (Å²) in [6, 6.07) is 7.75. The van der Waals surface area contributed by atoms with Crippen molar-refractivity contribution >= 4 is 39.8 Å². The first-order valence-corrected chi connectivity index (χ1v) is 8.69. The number of halogens is 1. The molecule has 1 unspecified atom stereocenters. The van der Waals surface area contributed by atoms with Gasteiger partial charge >= 0.3 is 0 Å². The summed E-state index contributed by atoms with van der Waals surface area (Å²) in [4.78, 5) is 17.3. The fraction of sp³-hybridized carbons (Fsp3) is 0.333. The summed E-state index contributed by atoms with van der Waals surface area (Å²) in [6.45, 7) is 0.682. The van der Waals surface area contributed by atoms with E-state index in [2.05, 4.69) is 26.5 Å². The minimum Gasteiger partial charge on any atom is -0.303 e. The van der Waals surface area contributed by atoms with Crippen LogP contribution in [0.5, 0.6) is 0 Å². The molecule has 8 heteroatoms. The summed E-state index contributed by atoms with van der Waals surface area (Å²) < 4.78 is 0. The molecule has 120 valence electrons. The van der Waals surface area contributed by atoms with Crippen LogP contribution >= 0.6 is 22.9 Å². The Bertz CT molecular complexity index is 745. The molecular formula is C15H16ClN5OS. The Kier molecular flexibility index (Phi) is 3.94. The van der Waals surface area contributed by atoms with Gasteiger partial charge in [-0.15, -0.1) is 0 Å². The Labute approximate surface area is 142 Å². The molecule has 1 aliphatic heterocycles. The number of aromatic nitrogens is 1. The molecule has 2 heterocycles. The molecule has 1 aromatic carbocycles. The monoisotopic (exact) mass is 349 g/mol. The van der Waals surface area contributed by atoms with Gasteiger partial charge < -0.3 is 10.7 Å². The van der Waals surface area contributed by atoms with Crippen molar-refractivity contribution in [1.29, 1.82) is 0 Å². The van der Waals surface area contributed by atoms with E-state index in [1.54, 1.807) is 0 Å². The number of benzene rings is 1. The van der Waals surface area contributed by atoms with Gasteiger partial charge in [-0.05, 0) is 30.5 Å². The summed E-state index contributed by atoms with van der Waals surface area (Å²) >= 11 is 7.49. The zero-order valence-corrected chi connectivity index (χ0v) is 13.8. The molecule has 2 aliphatic rings. The SMILES string of the molecule is O=C(Nc1nc2c(s1)C(NCc1cccc(Cl)c1)NN2)C1CC1. The quantitative estimate of drug-likeness (QED) is 0.667. The van der Waals surface area contributed by atoms with Crippen molar-refractivity contribution < 1.29 is 4.79 Å². The number of amides is 1. The average molecular weight is 350 g/mol. The van der Waals surface area contributed by atoms with Crippen LogP contribution in [0.3, 0.4) is 0 Å². The molecule has 0 radical (unpaired) electrons. The number of fused-ring (bicyclic) bond motifs is 1. The lowest BCUT2D eigenvalue weighted by Gasteiger charge is -2.12. The van der Waals surface area contributed by atoms with E-state index < -0.39 is 0 Å². The van der Waals surface area contributed by atoms with E-state index in [4.69, 9.17) is 11.6 Å². The molecule has 1 saturated carbocycles. The average Bonchev–Trinajstić information content (AvgIpc) is 3.21. The predicted octanol–water partition coefficient (Wildman–Crippen LogP) is 2.86. The number of nitrogens with one attached hydrogen (secondary N) is 4. The third-order valence-corrected chi connectivity index (χ3v) is 5.10. The number of rotatable bonds is 5. The zero-order valence-electron chi connectivity index (χ0n) is 12.2. The minimum atomic E-state index is -0.0481. The van der Waals surface area contributed by atoms with E-state index in [9.17, 15) is 4.79 Å². The lowest BCUT2D eigenvalue weighted by atomic mass is 10.2. The predicted molar refractivity (Wildman–Crippen MR) is 91.3 cm³/mol. The Morgan fingerprint density at radius 2 is 2.30 bits per heavy atom. The van der Waals surface area contributed by atoms with Crippen molar-refractivity contribution in [3.8, 4) is 0 Å². The number of thiazole rings is 1. The summed E-state index contributed by atoms with van der Waals surface area (Å²) in [5.74, 6) is 1.02. The number of hydrogen-bond donors (Lipinski definition) is 4. The lowest BCUT2D eigenvalue weighted by molar-refractivity contribution is -0.117. The van der Waals surface area contributed by atoms with E-state index in [0.717, 1.165) is 34.1 Å². The Hall–Kier alpha value is -1.67. The highest BCUT2D eigenvalue weighted by Crippen LogP contribution is 2.36. The topological polar surface area (TPSA) is 78.1 Å². The van der Waals surface area contributed by atoms with Gasteiger partial charge in [-0.1, -0.05) is 35.1 Å². The second-order valence-electron chi connectivity index (χ2n) is 5.71. The van der Waals surface area contributed by atoms with Crippen molar-refractivity contribution in [1.82, 2.24) is 15.7 Å². The van der Waals surface area contributed by atoms with Crippen LogP contribution in [-0.4, -0.2) is 10.9 Å². The van der Waals surface area contributed by atoms with Crippen LogP contribution in [0.4, 0.5) is 10.9 Å². The number of carbonyl (C=O) groups is 1. The van der Waals surface area contributed by atoms with Crippen molar-refractivity contribution in [3.05, 3.63) is 39.7 Å². The number of nitrogens with zero attached hydrogens (tertiary/aromatic N) is 1. The van der Waals surface area contributed by atoms with Crippen LogP contribution in [0.2, 0.25) is 5.02 Å². The van der Waals surface area contributed by atoms with E-state index >= 15 is 0 Å². The van der Waals surface area contributed by atoms with Crippen molar-refractivity contribution in [2.75, 3.05) is 10.7 Å². The van der Waals surface area contributed by atoms with Gasteiger partial charge in [-0.3, -0.25) is 10.1 Å². The van der Waals surface area contributed by atoms with E-state index in [-0.39, 0.29) is 18.0 Å². The molecule has 6 nitrogen and oxygen atoms in total. The minimum absolute atomic E-state index is 0.0481. The molecule has 0 spiro atoms. The maximum atomic E-state index is 11.8. The summed E-state index contributed by atoms with van der Waals surface area (Å²) in [6.07, 6.45) is 1.93. The van der Waals surface area contributed by atoms with E-state index in [0.29, 0.717) is 11.7 Å². The Morgan fingerprint density at radius 1 is 1.43 bits per heavy atom. The van der Waals surface area contributed by atoms with Crippen LogP contribution in [0.25, 0.3) is 0 Å². The van der Waals surface area contributed by atoms with Crippen molar-refractivity contribution in [2.45, 2.75) is 25.6 Å². The first kappa shape index (κ1) is 14.9. The number of hydrogen-bond acceptors (Lipinski definition) is 6. The third-order valence-electron chi connectivity index (χ3n) is 3.83. The van der Waals surface area contributed by atoms with Gasteiger partial charge in [-0.25, -0.2) is 10.4 Å². The van der Waals surface area contributed by atoms with Crippen LogP contribution in [0.1, 0.15) is 29.4 Å². The summed E-state index contributed by atoms with van der Waals surface area (Å²) in [5, 5.41) is 7.67. The van der Waals surface area contributed by atoms with Crippen LogP contribution < -0.4 is 21.5 Å². The molecule has 0 bridgehead atoms. The van der Waals surface area contributed by atoms with Gasteiger partial charge in [0.1, 0.15) is 6.17 Å². The fourth-order valence-electron chi connectivity index (χ4n) is 2.44. The summed E-state index contributed by atoms with van der Waals surface area (Å²) in [7, 11) is 0. The van der Waals surface area contributed by atoms with Crippen molar-refractivity contribution in [2.24, 2.45) is 5.92 Å². The summed E-state index contributed by atoms with van der Waals surface area (Å²) in [5.41, 5.74) is 7.30. The molecule has 1 atom stereocenters. The Balaban J connectivity index is 1.40. The van der Waals surface area contributed by atoms with Gasteiger partial charge in [0, 0.05) is 17.5 Å². The van der Waals surface area contributed by atoms with Gasteiger partial charge in [0.15, 0.2) is 10.9 Å². The highest BCUT2D eigenvalue weighted by atomic mass is 35.5. The maximum absolute atomic E-state index is 11.8. The molecule has 1 fully saturated rings. The normalized spacial score (nSPS) is 19.3. The Morgan fingerprint density at radius 3 is 3.09 bits per heavy atom. The van der Waals surface area contributed by atoms with Crippen LogP contribution in [-0.2, 0) is 11.3 Å². The fourth-order valence-corrected chi connectivity index (χ4v) is 3.60. The molecule has 0 saturated heterocycles. The molecule has 23 heavy (non-hydrogen) atoms. The number of anilines is 2. The van der Waals surface area contributed by atoms with Gasteiger partial charge in [-0.2, -0.15) is 0 Å². The molecular weight excluding hydrogens is 334 g/mol. The zero-order chi connectivity index (χ0) is 15.8. The molecule has 4 rings (SSSR count). The maximum Gasteiger partial charge on any atom is 0.229 e. The molecule has 1 amide bonds. The highest BCUT2D eigenvalue weighted by molar-refractivity contribution is 7.16. The van der Waals surface area contributed by atoms with Crippen LogP contribution in [0.15, 0.2) is 24.3 Å². The lowest BCUT2D eigenvalue weighted by Crippen LogP contribution is -2.31. The highest BCUT2D eigenvalue weighted by Gasteiger charge is 2.32. The first-order valence-electron chi connectivity index (χ1n) is 7.50. The van der Waals surface area contributed by atoms with Gasteiger partial charge in [0.05, 0.1) is 4.88 Å². The van der Waals surface area contributed by atoms with Gasteiger partial charge in [0.2, 0.25) is 5.91 Å². The van der Waals surface area contributed by atoms with Crippen LogP contribution in [0, 0.1) is 5.92 Å². The molecule has 1 aromatic heterocycles. The van der Waals surface area contributed by atoms with Gasteiger partial charge in [0.25, 0.3) is 0 Å². The third kappa shape index (κ3) is 3.32. The molecule has 4 N–H and O–H groups in total. The van der Waals surface area contributed by atoms with E-state index in [1.807, 2.05) is 24.3 Å². The molecule has 2 aromatic rings. The second kappa shape index (κ2) is 6.09. The largest absolute Gasteiger partial charge is 0.303 e. The molecule has 1 aliphatic carbocycles. The first-order chi connectivity index (χ1) is 11.2. The number of hydrazine groups is 1. The second-order valence-corrected chi connectivity index (χ2v) is 7.18. The van der Waals surface area contributed by atoms with Crippen molar-refractivity contribution in [3.63, 3.8) is 0 Å². The number of carbonyl (C=O) groups excluding carboxylic acids is 1. The standard InChI is InChI=1S/C15H16ClN5OS/c16-10-3-1-2-8(6-10)7-17-12-11-13(21-20-12)18-15(23-11)19-14(22)9-4-5-9/h1-3,6,9,12,17,20-21H,4-5,7H2,(H,18,19,22).